The zero-order valence-electron chi connectivity index (χ0n) is 18.0. The number of halogens is 2. The van der Waals surface area contributed by atoms with Crippen LogP contribution in [0.15, 0.2) is 34.7 Å². The molecule has 0 saturated carbocycles. The van der Waals surface area contributed by atoms with Crippen molar-refractivity contribution in [3.05, 3.63) is 56.5 Å². The van der Waals surface area contributed by atoms with Crippen LogP contribution in [0.1, 0.15) is 49.4 Å². The van der Waals surface area contributed by atoms with Crippen molar-refractivity contribution in [2.75, 3.05) is 5.32 Å². The van der Waals surface area contributed by atoms with Crippen LogP contribution in [0.2, 0.25) is 10.0 Å². The fraction of sp³-hybridized carbons (Fsp3) is 0.333. The number of carbonyl (C=O) groups excluding carboxylic acids is 1. The number of nitrogens with one attached hydrogen (secondary N) is 1. The number of amides is 1. The van der Waals surface area contributed by atoms with Crippen LogP contribution in [0.4, 0.5) is 5.13 Å². The largest absolute Gasteiger partial charge is 0.301 e. The summed E-state index contributed by atoms with van der Waals surface area (Å²) < 4.78 is 0. The van der Waals surface area contributed by atoms with E-state index < -0.39 is 5.25 Å². The van der Waals surface area contributed by atoms with E-state index in [2.05, 4.69) is 16.4 Å². The Morgan fingerprint density at radius 2 is 1.94 bits per heavy atom. The number of carbonyl (C=O) groups is 1. The molecule has 2 aromatic heterocycles. The van der Waals surface area contributed by atoms with E-state index in [1.54, 1.807) is 12.1 Å². The van der Waals surface area contributed by atoms with Gasteiger partial charge in [0.05, 0.1) is 26.6 Å². The summed E-state index contributed by atoms with van der Waals surface area (Å²) in [6, 6.07) is 9.53. The molecule has 3 aromatic rings. The second-order valence-corrected chi connectivity index (χ2v) is 10.9. The summed E-state index contributed by atoms with van der Waals surface area (Å²) in [7, 11) is 0. The number of fused-ring (bicyclic) bond motifs is 1. The predicted molar refractivity (Wildman–Crippen MR) is 136 cm³/mol. The summed E-state index contributed by atoms with van der Waals surface area (Å²) in [5, 5.41) is 16.0. The van der Waals surface area contributed by atoms with Crippen molar-refractivity contribution in [3.63, 3.8) is 0 Å². The zero-order chi connectivity index (χ0) is 23.4. The summed E-state index contributed by atoms with van der Waals surface area (Å²) in [5.41, 5.74) is 4.31. The molecule has 1 aliphatic carbocycles. The Balaban J connectivity index is 1.46. The van der Waals surface area contributed by atoms with E-state index in [-0.39, 0.29) is 5.91 Å². The van der Waals surface area contributed by atoms with Gasteiger partial charge in [-0.1, -0.05) is 53.9 Å². The number of pyridine rings is 1. The number of hydrogen-bond acceptors (Lipinski definition) is 6. The Kier molecular flexibility index (Phi) is 7.92. The van der Waals surface area contributed by atoms with Gasteiger partial charge in [-0.3, -0.25) is 4.79 Å². The van der Waals surface area contributed by atoms with Crippen LogP contribution in [0.5, 0.6) is 0 Å². The van der Waals surface area contributed by atoms with E-state index in [1.165, 1.54) is 41.5 Å². The molecule has 1 unspecified atom stereocenters. The van der Waals surface area contributed by atoms with Crippen molar-refractivity contribution in [3.8, 4) is 17.3 Å². The summed E-state index contributed by atoms with van der Waals surface area (Å²) in [4.78, 5) is 22.1. The third-order valence-corrected chi connectivity index (χ3v) is 8.09. The van der Waals surface area contributed by atoms with Crippen LogP contribution in [-0.4, -0.2) is 21.1 Å². The van der Waals surface area contributed by atoms with Gasteiger partial charge >= 0.3 is 0 Å². The summed E-state index contributed by atoms with van der Waals surface area (Å²) in [6.45, 7) is 1.81. The molecule has 0 spiro atoms. The molecular formula is C24H22Cl2N4OS2. The van der Waals surface area contributed by atoms with Crippen LogP contribution < -0.4 is 5.32 Å². The van der Waals surface area contributed by atoms with Crippen LogP contribution >= 0.6 is 46.3 Å². The number of aryl methyl sites for hydroxylation is 2. The molecule has 1 aromatic carbocycles. The lowest BCUT2D eigenvalue weighted by Crippen LogP contribution is -2.22. The van der Waals surface area contributed by atoms with Crippen LogP contribution in [0.25, 0.3) is 11.3 Å². The second-order valence-electron chi connectivity index (χ2n) is 7.89. The number of nitriles is 1. The molecular weight excluding hydrogens is 495 g/mol. The minimum Gasteiger partial charge on any atom is -0.301 e. The summed E-state index contributed by atoms with van der Waals surface area (Å²) in [6.07, 6.45) is 6.55. The number of benzene rings is 1. The Morgan fingerprint density at radius 3 is 2.70 bits per heavy atom. The first-order chi connectivity index (χ1) is 15.9. The molecule has 1 N–H and O–H groups in total. The first-order valence-corrected chi connectivity index (χ1v) is 13.3. The van der Waals surface area contributed by atoms with E-state index in [0.717, 1.165) is 36.9 Å². The number of nitrogens with zero attached hydrogens (tertiary/aromatic N) is 3. The molecule has 1 amide bonds. The number of hydrogen-bond donors (Lipinski definition) is 1. The van der Waals surface area contributed by atoms with Crippen molar-refractivity contribution in [2.45, 2.75) is 55.7 Å². The normalized spacial score (nSPS) is 14.5. The van der Waals surface area contributed by atoms with Gasteiger partial charge in [0.15, 0.2) is 5.13 Å². The van der Waals surface area contributed by atoms with E-state index in [1.807, 2.05) is 24.4 Å². The number of thiazole rings is 1. The highest BCUT2D eigenvalue weighted by Gasteiger charge is 2.21. The third kappa shape index (κ3) is 5.88. The van der Waals surface area contributed by atoms with Crippen molar-refractivity contribution in [1.82, 2.24) is 9.97 Å². The molecule has 0 saturated heterocycles. The number of aromatic nitrogens is 2. The summed E-state index contributed by atoms with van der Waals surface area (Å²) in [5.74, 6) is -0.188. The SMILES string of the molecule is CC(Sc1nc2c(cc1C#N)CCCCCC2)C(=O)Nc1nc(-c2ccc(Cl)c(Cl)c2)cs1. The van der Waals surface area contributed by atoms with Crippen LogP contribution in [0.3, 0.4) is 0 Å². The Morgan fingerprint density at radius 1 is 1.15 bits per heavy atom. The lowest BCUT2D eigenvalue weighted by molar-refractivity contribution is -0.115. The maximum atomic E-state index is 12.8. The molecule has 170 valence electrons. The van der Waals surface area contributed by atoms with Gasteiger partial charge in [-0.05, 0) is 56.4 Å². The monoisotopic (exact) mass is 516 g/mol. The fourth-order valence-corrected chi connectivity index (χ4v) is 5.60. The fourth-order valence-electron chi connectivity index (χ4n) is 3.69. The van der Waals surface area contributed by atoms with Gasteiger partial charge in [0, 0.05) is 16.6 Å². The summed E-state index contributed by atoms with van der Waals surface area (Å²) >= 11 is 14.7. The molecule has 0 radical (unpaired) electrons. The quantitative estimate of drug-likeness (QED) is 0.363. The van der Waals surface area contributed by atoms with Crippen molar-refractivity contribution in [2.24, 2.45) is 0 Å². The number of anilines is 1. The molecule has 0 bridgehead atoms. The smallest absolute Gasteiger partial charge is 0.239 e. The minimum atomic E-state index is -0.437. The van der Waals surface area contributed by atoms with Gasteiger partial charge in [-0.2, -0.15) is 5.26 Å². The second kappa shape index (κ2) is 10.9. The topological polar surface area (TPSA) is 78.7 Å². The van der Waals surface area contributed by atoms with Crippen molar-refractivity contribution >= 4 is 57.3 Å². The molecule has 5 nitrogen and oxygen atoms in total. The molecule has 9 heteroatoms. The van der Waals surface area contributed by atoms with Gasteiger partial charge in [0.25, 0.3) is 0 Å². The Hall–Kier alpha value is -2.11. The van der Waals surface area contributed by atoms with E-state index in [9.17, 15) is 10.1 Å². The lowest BCUT2D eigenvalue weighted by atomic mass is 9.96. The Bertz CT molecular complexity index is 1220. The highest BCUT2D eigenvalue weighted by molar-refractivity contribution is 8.00. The molecule has 0 fully saturated rings. The van der Waals surface area contributed by atoms with Gasteiger partial charge in [0.1, 0.15) is 11.1 Å². The maximum Gasteiger partial charge on any atom is 0.239 e. The van der Waals surface area contributed by atoms with Gasteiger partial charge in [0.2, 0.25) is 5.91 Å². The van der Waals surface area contributed by atoms with Crippen LogP contribution in [0, 0.1) is 11.3 Å². The van der Waals surface area contributed by atoms with Gasteiger partial charge in [-0.25, -0.2) is 9.97 Å². The van der Waals surface area contributed by atoms with E-state index >= 15 is 0 Å². The molecule has 33 heavy (non-hydrogen) atoms. The van der Waals surface area contributed by atoms with Crippen molar-refractivity contribution in [1.29, 1.82) is 5.26 Å². The van der Waals surface area contributed by atoms with Crippen molar-refractivity contribution < 1.29 is 4.79 Å². The van der Waals surface area contributed by atoms with E-state index in [0.29, 0.717) is 31.5 Å². The molecule has 4 rings (SSSR count). The average molecular weight is 518 g/mol. The highest BCUT2D eigenvalue weighted by Crippen LogP contribution is 2.32. The third-order valence-electron chi connectivity index (χ3n) is 5.49. The van der Waals surface area contributed by atoms with Gasteiger partial charge < -0.3 is 5.32 Å². The van der Waals surface area contributed by atoms with E-state index in [4.69, 9.17) is 28.2 Å². The van der Waals surface area contributed by atoms with Gasteiger partial charge in [-0.15, -0.1) is 11.3 Å². The predicted octanol–water partition coefficient (Wildman–Crippen LogP) is 7.16. The highest BCUT2D eigenvalue weighted by atomic mass is 35.5. The molecule has 0 aliphatic heterocycles. The minimum absolute atomic E-state index is 0.188. The standard InChI is InChI=1S/C24H22Cl2N4OS2/c1-14(33-23-17(12-27)10-15-6-4-2-3-5-7-20(15)28-23)22(31)30-24-29-21(13-32-24)16-8-9-18(25)19(26)11-16/h8-11,13-14H,2-7H2,1H3,(H,29,30,31). The maximum absolute atomic E-state index is 12.8. The number of thioether (sulfide) groups is 1. The molecule has 1 atom stereocenters. The van der Waals surface area contributed by atoms with Crippen LogP contribution in [-0.2, 0) is 17.6 Å². The lowest BCUT2D eigenvalue weighted by Gasteiger charge is -2.16. The average Bonchev–Trinajstić information content (AvgIpc) is 3.25. The molecule has 2 heterocycles. The first-order valence-electron chi connectivity index (χ1n) is 10.8. The zero-order valence-corrected chi connectivity index (χ0v) is 21.2. The first kappa shape index (κ1) is 24.0. The number of rotatable bonds is 5. The molecule has 1 aliphatic rings. The Labute approximate surface area is 211 Å².